The molecule has 61 valence electrons. The number of aromatic amines is 1. The minimum Gasteiger partial charge on any atom is -0.309 e. The van der Waals surface area contributed by atoms with Crippen LogP contribution in [0.2, 0.25) is 0 Å². The Morgan fingerprint density at radius 2 is 2.42 bits per heavy atom. The fraction of sp³-hybridized carbons (Fsp3) is 0. The number of H-pyrrole nitrogens is 1. The Kier molecular flexibility index (Phi) is 1.77. The smallest absolute Gasteiger partial charge is 0.268 e. The number of hydrogen-bond donors (Lipinski definition) is 1. The first-order valence-electron chi connectivity index (χ1n) is 3.18. The lowest BCUT2D eigenvalue weighted by atomic mass is 10.4. The van der Waals surface area contributed by atoms with Crippen molar-refractivity contribution in [3.63, 3.8) is 0 Å². The molecule has 3 nitrogen and oxygen atoms in total. The number of hydrogen-bond acceptors (Lipinski definition) is 3. The topological polar surface area (TPSA) is 45.8 Å². The maximum Gasteiger partial charge on any atom is 0.268 e. The highest BCUT2D eigenvalue weighted by Crippen LogP contribution is 2.25. The molecule has 2 aromatic heterocycles. The van der Waals surface area contributed by atoms with E-state index in [0.717, 1.165) is 3.79 Å². The molecule has 5 heteroatoms. The van der Waals surface area contributed by atoms with Crippen LogP contribution in [-0.4, -0.2) is 9.97 Å². The Balaban J connectivity index is 2.98. The monoisotopic (exact) mass is 243 g/mol. The molecule has 0 aliphatic carbocycles. The van der Waals surface area contributed by atoms with Crippen LogP contribution in [0.25, 0.3) is 10.2 Å². The lowest BCUT2D eigenvalue weighted by Gasteiger charge is -1.89. The van der Waals surface area contributed by atoms with Crippen molar-refractivity contribution < 1.29 is 0 Å². The van der Waals surface area contributed by atoms with Gasteiger partial charge in [0.05, 0.1) is 9.30 Å². The molecule has 2 heterocycles. The SMILES string of the molecule is [CH2]c1nc2cc(Br)sc2c(=O)[nH]1. The Labute approximate surface area is 80.6 Å². The van der Waals surface area contributed by atoms with Crippen LogP contribution in [0.15, 0.2) is 14.6 Å². The number of fused-ring (bicyclic) bond motifs is 1. The zero-order chi connectivity index (χ0) is 8.72. The first kappa shape index (κ1) is 7.94. The van der Waals surface area contributed by atoms with E-state index in [1.165, 1.54) is 11.3 Å². The van der Waals surface area contributed by atoms with Crippen molar-refractivity contribution in [3.8, 4) is 0 Å². The van der Waals surface area contributed by atoms with E-state index >= 15 is 0 Å². The number of thiophene rings is 1. The maximum absolute atomic E-state index is 11.3. The second kappa shape index (κ2) is 2.67. The lowest BCUT2D eigenvalue weighted by Crippen LogP contribution is -2.07. The highest BCUT2D eigenvalue weighted by Gasteiger charge is 2.04. The lowest BCUT2D eigenvalue weighted by molar-refractivity contribution is 1.12. The summed E-state index contributed by atoms with van der Waals surface area (Å²) in [6.45, 7) is 3.56. The molecule has 0 amide bonds. The summed E-state index contributed by atoms with van der Waals surface area (Å²) in [6, 6.07) is 1.81. The number of rotatable bonds is 0. The first-order valence-corrected chi connectivity index (χ1v) is 4.79. The van der Waals surface area contributed by atoms with Gasteiger partial charge in [0.1, 0.15) is 10.5 Å². The molecule has 12 heavy (non-hydrogen) atoms. The van der Waals surface area contributed by atoms with E-state index in [4.69, 9.17) is 0 Å². The molecule has 1 radical (unpaired) electrons. The molecule has 2 aromatic rings. The van der Waals surface area contributed by atoms with E-state index in [-0.39, 0.29) is 5.56 Å². The fourth-order valence-electron chi connectivity index (χ4n) is 0.959. The van der Waals surface area contributed by atoms with E-state index < -0.39 is 0 Å². The molecular weight excluding hydrogens is 240 g/mol. The third-order valence-electron chi connectivity index (χ3n) is 1.40. The van der Waals surface area contributed by atoms with E-state index in [2.05, 4.69) is 32.8 Å². The number of nitrogens with one attached hydrogen (secondary N) is 1. The molecule has 0 atom stereocenters. The zero-order valence-electron chi connectivity index (χ0n) is 5.93. The summed E-state index contributed by atoms with van der Waals surface area (Å²) in [6.07, 6.45) is 0. The molecule has 2 rings (SSSR count). The van der Waals surface area contributed by atoms with Crippen LogP contribution in [0.4, 0.5) is 0 Å². The van der Waals surface area contributed by atoms with Gasteiger partial charge in [0, 0.05) is 6.92 Å². The summed E-state index contributed by atoms with van der Waals surface area (Å²) in [5.74, 6) is 0.401. The van der Waals surface area contributed by atoms with Gasteiger partial charge in [-0.2, -0.15) is 0 Å². The van der Waals surface area contributed by atoms with Crippen LogP contribution in [0.3, 0.4) is 0 Å². The molecule has 0 aliphatic heterocycles. The Bertz CT molecular complexity index is 488. The van der Waals surface area contributed by atoms with Crippen molar-refractivity contribution in [2.45, 2.75) is 0 Å². The molecule has 0 fully saturated rings. The highest BCUT2D eigenvalue weighted by atomic mass is 79.9. The van der Waals surface area contributed by atoms with Gasteiger partial charge < -0.3 is 4.98 Å². The van der Waals surface area contributed by atoms with Crippen LogP contribution in [-0.2, 0) is 0 Å². The normalized spacial score (nSPS) is 10.8. The van der Waals surface area contributed by atoms with Crippen LogP contribution in [0.1, 0.15) is 5.82 Å². The Morgan fingerprint density at radius 1 is 1.67 bits per heavy atom. The first-order chi connectivity index (χ1) is 5.66. The number of halogens is 1. The summed E-state index contributed by atoms with van der Waals surface area (Å²) in [4.78, 5) is 17.9. The van der Waals surface area contributed by atoms with Gasteiger partial charge in [-0.05, 0) is 22.0 Å². The molecule has 0 bridgehead atoms. The van der Waals surface area contributed by atoms with Gasteiger partial charge >= 0.3 is 0 Å². The van der Waals surface area contributed by atoms with Gasteiger partial charge in [-0.1, -0.05) is 0 Å². The molecule has 0 saturated carbocycles. The minimum atomic E-state index is -0.124. The summed E-state index contributed by atoms with van der Waals surface area (Å²) in [5.41, 5.74) is 0.571. The number of nitrogens with zero attached hydrogens (tertiary/aromatic N) is 1. The second-order valence-corrected chi connectivity index (χ2v) is 4.71. The molecule has 0 aromatic carbocycles. The zero-order valence-corrected chi connectivity index (χ0v) is 8.33. The Morgan fingerprint density at radius 3 is 3.17 bits per heavy atom. The van der Waals surface area contributed by atoms with E-state index in [9.17, 15) is 4.79 Å². The Hall–Kier alpha value is -0.680. The second-order valence-electron chi connectivity index (χ2n) is 2.28. The van der Waals surface area contributed by atoms with Gasteiger partial charge in [-0.25, -0.2) is 4.98 Å². The molecule has 0 aliphatic rings. The molecular formula is C7H4BrN2OS. The highest BCUT2D eigenvalue weighted by molar-refractivity contribution is 9.11. The van der Waals surface area contributed by atoms with Crippen molar-refractivity contribution in [1.82, 2.24) is 9.97 Å². The van der Waals surface area contributed by atoms with Crippen molar-refractivity contribution in [3.05, 3.63) is 33.0 Å². The van der Waals surface area contributed by atoms with Gasteiger partial charge in [-0.3, -0.25) is 4.79 Å². The molecule has 1 N–H and O–H groups in total. The van der Waals surface area contributed by atoms with Gasteiger partial charge in [0.15, 0.2) is 0 Å². The van der Waals surface area contributed by atoms with Crippen molar-refractivity contribution in [1.29, 1.82) is 0 Å². The fourth-order valence-corrected chi connectivity index (χ4v) is 2.38. The van der Waals surface area contributed by atoms with Crippen LogP contribution < -0.4 is 5.56 Å². The third-order valence-corrected chi connectivity index (χ3v) is 3.03. The minimum absolute atomic E-state index is 0.124. The average molecular weight is 244 g/mol. The van der Waals surface area contributed by atoms with Crippen LogP contribution in [0.5, 0.6) is 0 Å². The summed E-state index contributed by atoms with van der Waals surface area (Å²) in [7, 11) is 0. The van der Waals surface area contributed by atoms with Crippen LogP contribution in [0, 0.1) is 6.92 Å². The average Bonchev–Trinajstić information content (AvgIpc) is 2.29. The van der Waals surface area contributed by atoms with E-state index in [1.54, 1.807) is 0 Å². The van der Waals surface area contributed by atoms with Crippen molar-refractivity contribution in [2.24, 2.45) is 0 Å². The van der Waals surface area contributed by atoms with Crippen LogP contribution >= 0.6 is 27.3 Å². The largest absolute Gasteiger partial charge is 0.309 e. The van der Waals surface area contributed by atoms with Gasteiger partial charge in [0.2, 0.25) is 0 Å². The molecule has 0 unspecified atom stereocenters. The third kappa shape index (κ3) is 1.19. The van der Waals surface area contributed by atoms with Gasteiger partial charge in [-0.15, -0.1) is 11.3 Å². The van der Waals surface area contributed by atoms with Crippen molar-refractivity contribution >= 4 is 37.5 Å². The maximum atomic E-state index is 11.3. The standard InChI is InChI=1S/C7H4BrN2OS/c1-3-9-4-2-5(8)12-6(4)7(11)10-3/h2H,1H2,(H,9,10,11). The number of aromatic nitrogens is 2. The molecule has 0 saturated heterocycles. The van der Waals surface area contributed by atoms with Crippen molar-refractivity contribution in [2.75, 3.05) is 0 Å². The quantitative estimate of drug-likeness (QED) is 0.769. The predicted molar refractivity (Wildman–Crippen MR) is 52.4 cm³/mol. The van der Waals surface area contributed by atoms with E-state index in [0.29, 0.717) is 16.0 Å². The van der Waals surface area contributed by atoms with Gasteiger partial charge in [0.25, 0.3) is 5.56 Å². The van der Waals surface area contributed by atoms with E-state index in [1.807, 2.05) is 6.07 Å². The molecule has 0 spiro atoms. The summed E-state index contributed by atoms with van der Waals surface area (Å²) >= 11 is 4.66. The summed E-state index contributed by atoms with van der Waals surface area (Å²) in [5, 5.41) is 0. The predicted octanol–water partition coefficient (Wildman–Crippen LogP) is 1.93. The summed E-state index contributed by atoms with van der Waals surface area (Å²) < 4.78 is 1.54.